The first kappa shape index (κ1) is 14.1. The van der Waals surface area contributed by atoms with Crippen LogP contribution in [0.2, 0.25) is 0 Å². The van der Waals surface area contributed by atoms with E-state index in [1.54, 1.807) is 13.2 Å². The van der Waals surface area contributed by atoms with E-state index in [2.05, 4.69) is 4.98 Å². The minimum absolute atomic E-state index is 0.148. The summed E-state index contributed by atoms with van der Waals surface area (Å²) < 4.78 is 47.0. The third-order valence-corrected chi connectivity index (χ3v) is 2.18. The normalized spacial score (nSPS) is 13.5. The van der Waals surface area contributed by atoms with Crippen LogP contribution in [0.25, 0.3) is 0 Å². The molecule has 0 aromatic carbocycles. The molecule has 0 N–H and O–H groups in total. The fourth-order valence-corrected chi connectivity index (χ4v) is 1.35. The SMILES string of the molecule is CSOCC(C)Oc1ccc(C(F)(F)F)cn1. The number of ether oxygens (including phenoxy) is 1. The molecule has 0 aliphatic rings. The van der Waals surface area contributed by atoms with Gasteiger partial charge in [0.25, 0.3) is 0 Å². The Bertz CT molecular complexity index is 342. The van der Waals surface area contributed by atoms with Crippen LogP contribution in [0.1, 0.15) is 12.5 Å². The lowest BCUT2D eigenvalue weighted by molar-refractivity contribution is -0.137. The number of halogens is 3. The Morgan fingerprint density at radius 3 is 2.59 bits per heavy atom. The molecule has 0 radical (unpaired) electrons. The third-order valence-electron chi connectivity index (χ3n) is 1.81. The molecule has 0 amide bonds. The summed E-state index contributed by atoms with van der Waals surface area (Å²) in [5.74, 6) is 0.148. The molecule has 1 rings (SSSR count). The van der Waals surface area contributed by atoms with Crippen LogP contribution in [-0.4, -0.2) is 24.0 Å². The van der Waals surface area contributed by atoms with Gasteiger partial charge < -0.3 is 8.92 Å². The summed E-state index contributed by atoms with van der Waals surface area (Å²) in [6.45, 7) is 2.08. The van der Waals surface area contributed by atoms with Crippen molar-refractivity contribution in [1.29, 1.82) is 0 Å². The Kier molecular flexibility index (Phi) is 5.07. The third kappa shape index (κ3) is 4.82. The zero-order valence-electron chi connectivity index (χ0n) is 9.32. The van der Waals surface area contributed by atoms with E-state index in [1.807, 2.05) is 0 Å². The van der Waals surface area contributed by atoms with Crippen LogP contribution in [0, 0.1) is 0 Å². The summed E-state index contributed by atoms with van der Waals surface area (Å²) in [5, 5.41) is 0. The number of pyridine rings is 1. The topological polar surface area (TPSA) is 31.4 Å². The van der Waals surface area contributed by atoms with Crippen molar-refractivity contribution in [1.82, 2.24) is 4.98 Å². The first-order chi connectivity index (χ1) is 7.93. The van der Waals surface area contributed by atoms with E-state index < -0.39 is 11.7 Å². The molecular weight excluding hydrogens is 255 g/mol. The number of rotatable bonds is 5. The van der Waals surface area contributed by atoms with Crippen LogP contribution >= 0.6 is 12.0 Å². The summed E-state index contributed by atoms with van der Waals surface area (Å²) in [6, 6.07) is 2.13. The highest BCUT2D eigenvalue weighted by atomic mass is 32.2. The monoisotopic (exact) mass is 267 g/mol. The van der Waals surface area contributed by atoms with Crippen molar-refractivity contribution in [2.24, 2.45) is 0 Å². The van der Waals surface area contributed by atoms with Crippen molar-refractivity contribution >= 4 is 12.0 Å². The lowest BCUT2D eigenvalue weighted by Gasteiger charge is -2.13. The predicted octanol–water partition coefficient (Wildman–Crippen LogP) is 3.16. The molecule has 3 nitrogen and oxygen atoms in total. The zero-order chi connectivity index (χ0) is 12.9. The maximum absolute atomic E-state index is 12.2. The first-order valence-electron chi connectivity index (χ1n) is 4.79. The maximum atomic E-state index is 12.2. The van der Waals surface area contributed by atoms with Gasteiger partial charge in [0.1, 0.15) is 6.10 Å². The molecule has 1 aromatic heterocycles. The van der Waals surface area contributed by atoms with Gasteiger partial charge in [0.15, 0.2) is 0 Å². The van der Waals surface area contributed by atoms with Crippen molar-refractivity contribution < 1.29 is 22.1 Å². The number of nitrogens with zero attached hydrogens (tertiary/aromatic N) is 1. The molecule has 0 spiro atoms. The molecule has 0 fully saturated rings. The van der Waals surface area contributed by atoms with Gasteiger partial charge in [-0.1, -0.05) is 0 Å². The van der Waals surface area contributed by atoms with Gasteiger partial charge in [-0.05, 0) is 25.0 Å². The van der Waals surface area contributed by atoms with E-state index in [1.165, 1.54) is 18.1 Å². The molecule has 1 aromatic rings. The van der Waals surface area contributed by atoms with Crippen LogP contribution in [0.5, 0.6) is 5.88 Å². The van der Waals surface area contributed by atoms with Crippen molar-refractivity contribution in [3.05, 3.63) is 23.9 Å². The lowest BCUT2D eigenvalue weighted by Crippen LogP contribution is -2.18. The van der Waals surface area contributed by atoms with Crippen molar-refractivity contribution in [2.45, 2.75) is 19.2 Å². The zero-order valence-corrected chi connectivity index (χ0v) is 10.1. The molecule has 1 unspecified atom stereocenters. The highest BCUT2D eigenvalue weighted by Crippen LogP contribution is 2.29. The van der Waals surface area contributed by atoms with Crippen LogP contribution in [0.15, 0.2) is 18.3 Å². The Morgan fingerprint density at radius 1 is 1.41 bits per heavy atom. The quantitative estimate of drug-likeness (QED) is 0.767. The molecule has 17 heavy (non-hydrogen) atoms. The van der Waals surface area contributed by atoms with Crippen LogP contribution in [-0.2, 0) is 10.4 Å². The highest BCUT2D eigenvalue weighted by molar-refractivity contribution is 7.93. The number of aromatic nitrogens is 1. The van der Waals surface area contributed by atoms with Crippen molar-refractivity contribution in [3.8, 4) is 5.88 Å². The summed E-state index contributed by atoms with van der Waals surface area (Å²) in [5.41, 5.74) is -0.794. The van der Waals surface area contributed by atoms with E-state index in [0.717, 1.165) is 12.3 Å². The summed E-state index contributed by atoms with van der Waals surface area (Å²) in [4.78, 5) is 3.59. The Labute approximate surface area is 102 Å². The van der Waals surface area contributed by atoms with Gasteiger partial charge >= 0.3 is 6.18 Å². The van der Waals surface area contributed by atoms with Gasteiger partial charge in [-0.25, -0.2) is 4.98 Å². The summed E-state index contributed by atoms with van der Waals surface area (Å²) >= 11 is 1.20. The van der Waals surface area contributed by atoms with Crippen LogP contribution in [0.3, 0.4) is 0 Å². The van der Waals surface area contributed by atoms with Crippen molar-refractivity contribution in [2.75, 3.05) is 12.9 Å². The van der Waals surface area contributed by atoms with Gasteiger partial charge in [-0.15, -0.1) is 0 Å². The minimum atomic E-state index is -4.38. The fourth-order valence-electron chi connectivity index (χ4n) is 1.02. The molecular formula is C10H12F3NO2S. The van der Waals surface area contributed by atoms with Gasteiger partial charge in [0, 0.05) is 18.5 Å². The van der Waals surface area contributed by atoms with Gasteiger partial charge in [0.05, 0.1) is 12.2 Å². The fraction of sp³-hybridized carbons (Fsp3) is 0.500. The number of alkyl halides is 3. The highest BCUT2D eigenvalue weighted by Gasteiger charge is 2.30. The first-order valence-corrected chi connectivity index (χ1v) is 5.94. The summed E-state index contributed by atoms with van der Waals surface area (Å²) in [7, 11) is 0. The average Bonchev–Trinajstić information content (AvgIpc) is 2.26. The number of hydrogen-bond donors (Lipinski definition) is 0. The van der Waals surface area contributed by atoms with E-state index in [-0.39, 0.29) is 12.0 Å². The molecule has 1 atom stereocenters. The standard InChI is InChI=1S/C10H12F3NO2S/c1-7(6-15-17-2)16-9-4-3-8(5-14-9)10(11,12)13/h3-5,7H,6H2,1-2H3. The lowest BCUT2D eigenvalue weighted by atomic mass is 10.3. The Morgan fingerprint density at radius 2 is 2.12 bits per heavy atom. The molecule has 96 valence electrons. The maximum Gasteiger partial charge on any atom is 0.417 e. The molecule has 0 aliphatic carbocycles. The largest absolute Gasteiger partial charge is 0.472 e. The van der Waals surface area contributed by atoms with Gasteiger partial charge in [-0.2, -0.15) is 13.2 Å². The Balaban J connectivity index is 2.56. The molecule has 0 aliphatic heterocycles. The molecule has 1 heterocycles. The smallest absolute Gasteiger partial charge is 0.417 e. The molecule has 0 bridgehead atoms. The molecule has 0 saturated carbocycles. The van der Waals surface area contributed by atoms with E-state index >= 15 is 0 Å². The predicted molar refractivity (Wildman–Crippen MR) is 58.8 cm³/mol. The second kappa shape index (κ2) is 6.11. The molecule has 0 saturated heterocycles. The van der Waals surface area contributed by atoms with Gasteiger partial charge in [-0.3, -0.25) is 0 Å². The molecule has 7 heteroatoms. The van der Waals surface area contributed by atoms with Crippen LogP contribution in [0.4, 0.5) is 13.2 Å². The number of hydrogen-bond acceptors (Lipinski definition) is 4. The Hall–Kier alpha value is -0.950. The van der Waals surface area contributed by atoms with E-state index in [0.29, 0.717) is 6.61 Å². The van der Waals surface area contributed by atoms with E-state index in [9.17, 15) is 13.2 Å². The van der Waals surface area contributed by atoms with Crippen LogP contribution < -0.4 is 4.74 Å². The second-order valence-corrected chi connectivity index (χ2v) is 3.83. The van der Waals surface area contributed by atoms with Crippen molar-refractivity contribution in [3.63, 3.8) is 0 Å². The van der Waals surface area contributed by atoms with E-state index in [4.69, 9.17) is 8.92 Å². The summed E-state index contributed by atoms with van der Waals surface area (Å²) in [6.07, 6.45) is -2.13. The second-order valence-electron chi connectivity index (χ2n) is 3.26. The van der Waals surface area contributed by atoms with Gasteiger partial charge in [0.2, 0.25) is 5.88 Å². The minimum Gasteiger partial charge on any atom is -0.472 e. The average molecular weight is 267 g/mol.